The zero-order chi connectivity index (χ0) is 32.8. The lowest BCUT2D eigenvalue weighted by molar-refractivity contribution is 0.668. The van der Waals surface area contributed by atoms with Gasteiger partial charge < -0.3 is 8.83 Å². The van der Waals surface area contributed by atoms with Gasteiger partial charge in [0.2, 0.25) is 0 Å². The van der Waals surface area contributed by atoms with Gasteiger partial charge in [-0.2, -0.15) is 0 Å². The monoisotopic (exact) mass is 639 g/mol. The largest absolute Gasteiger partial charge is 0.456 e. The molecule has 0 spiro atoms. The smallest absolute Gasteiger partial charge is 0.164 e. The van der Waals surface area contributed by atoms with E-state index in [1.165, 1.54) is 5.39 Å². The van der Waals surface area contributed by atoms with Gasteiger partial charge in [-0.15, -0.1) is 0 Å². The van der Waals surface area contributed by atoms with Gasteiger partial charge in [-0.25, -0.2) is 15.0 Å². The first-order valence-corrected chi connectivity index (χ1v) is 16.7. The van der Waals surface area contributed by atoms with Gasteiger partial charge in [-0.1, -0.05) is 115 Å². The second-order valence-electron chi connectivity index (χ2n) is 12.7. The molecule has 0 aliphatic carbocycles. The van der Waals surface area contributed by atoms with Crippen molar-refractivity contribution >= 4 is 76.2 Å². The number of furan rings is 2. The van der Waals surface area contributed by atoms with Crippen LogP contribution in [0.25, 0.3) is 110 Å². The zero-order valence-corrected chi connectivity index (χ0v) is 26.6. The van der Waals surface area contributed by atoms with Crippen LogP contribution in [0.3, 0.4) is 0 Å². The molecule has 0 radical (unpaired) electrons. The molecule has 0 amide bonds. The lowest BCUT2D eigenvalue weighted by atomic mass is 9.96. The Hall–Kier alpha value is -6.85. The fourth-order valence-corrected chi connectivity index (χ4v) is 7.71. The molecule has 0 fully saturated rings. The second-order valence-corrected chi connectivity index (χ2v) is 12.7. The molecular weight excluding hydrogens is 615 g/mol. The molecule has 3 aromatic heterocycles. The van der Waals surface area contributed by atoms with Crippen LogP contribution in [-0.2, 0) is 0 Å². The number of aromatic nitrogens is 3. The molecular formula is C45H25N3O2. The normalized spacial score (nSPS) is 12.0. The summed E-state index contributed by atoms with van der Waals surface area (Å²) < 4.78 is 12.6. The minimum absolute atomic E-state index is 0.589. The van der Waals surface area contributed by atoms with E-state index in [0.29, 0.717) is 17.5 Å². The molecule has 0 aliphatic heterocycles. The SMILES string of the molecule is c1ccc2c(c1)cc(-c1nc(-c3cccc4c3ccc3oc5ccccc5c34)nc(-c3cccc4oc5ccccc5c34)n1)c1ccccc12. The van der Waals surface area contributed by atoms with Crippen molar-refractivity contribution in [3.05, 3.63) is 152 Å². The molecule has 0 N–H and O–H groups in total. The number of hydrogen-bond donors (Lipinski definition) is 0. The summed E-state index contributed by atoms with van der Waals surface area (Å²) in [5, 5.41) is 10.9. The summed E-state index contributed by atoms with van der Waals surface area (Å²) in [4.78, 5) is 15.8. The van der Waals surface area contributed by atoms with Gasteiger partial charge in [0, 0.05) is 38.2 Å². The molecule has 0 saturated heterocycles. The van der Waals surface area contributed by atoms with Crippen LogP contribution < -0.4 is 0 Å². The van der Waals surface area contributed by atoms with E-state index in [1.807, 2.05) is 42.5 Å². The van der Waals surface area contributed by atoms with Gasteiger partial charge in [-0.05, 0) is 68.7 Å². The van der Waals surface area contributed by atoms with E-state index in [2.05, 4.69) is 109 Å². The van der Waals surface area contributed by atoms with E-state index >= 15 is 0 Å². The number of nitrogens with zero attached hydrogens (tertiary/aromatic N) is 3. The molecule has 0 saturated carbocycles. The third-order valence-corrected chi connectivity index (χ3v) is 9.93. The lowest BCUT2D eigenvalue weighted by Gasteiger charge is -2.13. The number of benzene rings is 8. The Kier molecular flexibility index (Phi) is 5.60. The third-order valence-electron chi connectivity index (χ3n) is 9.93. The molecule has 0 unspecified atom stereocenters. The molecule has 8 aromatic carbocycles. The first-order chi connectivity index (χ1) is 24.8. The van der Waals surface area contributed by atoms with E-state index < -0.39 is 0 Å². The summed E-state index contributed by atoms with van der Waals surface area (Å²) in [6, 6.07) is 52.1. The first-order valence-electron chi connectivity index (χ1n) is 16.7. The number of rotatable bonds is 3. The maximum Gasteiger partial charge on any atom is 0.164 e. The van der Waals surface area contributed by atoms with Gasteiger partial charge in [-0.3, -0.25) is 0 Å². The van der Waals surface area contributed by atoms with Crippen molar-refractivity contribution in [2.75, 3.05) is 0 Å². The highest BCUT2D eigenvalue weighted by Crippen LogP contribution is 2.41. The van der Waals surface area contributed by atoms with Crippen molar-refractivity contribution in [2.24, 2.45) is 0 Å². The van der Waals surface area contributed by atoms with Crippen LogP contribution in [0, 0.1) is 0 Å². The molecule has 232 valence electrons. The van der Waals surface area contributed by atoms with Crippen molar-refractivity contribution in [2.45, 2.75) is 0 Å². The minimum Gasteiger partial charge on any atom is -0.456 e. The van der Waals surface area contributed by atoms with Crippen LogP contribution in [0.4, 0.5) is 0 Å². The van der Waals surface area contributed by atoms with Crippen LogP contribution in [0.5, 0.6) is 0 Å². The van der Waals surface area contributed by atoms with E-state index in [4.69, 9.17) is 23.8 Å². The van der Waals surface area contributed by atoms with Crippen molar-refractivity contribution in [3.63, 3.8) is 0 Å². The zero-order valence-electron chi connectivity index (χ0n) is 26.6. The first kappa shape index (κ1) is 27.1. The maximum absolute atomic E-state index is 6.30. The van der Waals surface area contributed by atoms with Crippen molar-refractivity contribution in [3.8, 4) is 34.2 Å². The van der Waals surface area contributed by atoms with E-state index in [9.17, 15) is 0 Å². The van der Waals surface area contributed by atoms with E-state index in [1.54, 1.807) is 0 Å². The molecule has 0 atom stereocenters. The Bertz CT molecular complexity index is 3170. The summed E-state index contributed by atoms with van der Waals surface area (Å²) >= 11 is 0. The fraction of sp³-hybridized carbons (Fsp3) is 0. The van der Waals surface area contributed by atoms with Gasteiger partial charge in [0.25, 0.3) is 0 Å². The molecule has 50 heavy (non-hydrogen) atoms. The highest BCUT2D eigenvalue weighted by Gasteiger charge is 2.21. The summed E-state index contributed by atoms with van der Waals surface area (Å²) in [6.07, 6.45) is 0. The summed E-state index contributed by atoms with van der Waals surface area (Å²) in [6.45, 7) is 0. The third kappa shape index (κ3) is 3.92. The van der Waals surface area contributed by atoms with Crippen LogP contribution in [-0.4, -0.2) is 15.0 Å². The Morgan fingerprint density at radius 2 is 0.800 bits per heavy atom. The Morgan fingerprint density at radius 1 is 0.300 bits per heavy atom. The van der Waals surface area contributed by atoms with Crippen molar-refractivity contribution in [1.82, 2.24) is 15.0 Å². The Labute approximate surface area is 285 Å². The standard InChI is InChI=1S/C45H25N3O2/c1-2-12-27-26(11-1)25-36(29-14-4-3-13-28(27)29)45-47-43(46-44(48-45)35-19-10-22-39-42(35)34-16-6-8-21-38(34)49-39)32-18-9-17-31-30(32)23-24-40-41(31)33-15-5-7-20-37(33)50-40/h1-25H. The molecule has 11 aromatic rings. The van der Waals surface area contributed by atoms with Crippen molar-refractivity contribution in [1.29, 1.82) is 0 Å². The Morgan fingerprint density at radius 3 is 1.58 bits per heavy atom. The average Bonchev–Trinajstić information content (AvgIpc) is 3.76. The van der Waals surface area contributed by atoms with E-state index in [0.717, 1.165) is 87.5 Å². The molecule has 3 heterocycles. The summed E-state index contributed by atoms with van der Waals surface area (Å²) in [7, 11) is 0. The molecule has 5 heteroatoms. The van der Waals surface area contributed by atoms with Crippen molar-refractivity contribution < 1.29 is 8.83 Å². The van der Waals surface area contributed by atoms with Gasteiger partial charge in [0.15, 0.2) is 17.5 Å². The molecule has 0 aliphatic rings. The van der Waals surface area contributed by atoms with E-state index in [-0.39, 0.29) is 0 Å². The second kappa shape index (κ2) is 10.3. The van der Waals surface area contributed by atoms with Gasteiger partial charge >= 0.3 is 0 Å². The number of hydrogen-bond acceptors (Lipinski definition) is 5. The van der Waals surface area contributed by atoms with Crippen LogP contribution in [0.15, 0.2) is 160 Å². The highest BCUT2D eigenvalue weighted by atomic mass is 16.3. The molecule has 5 nitrogen and oxygen atoms in total. The molecule has 11 rings (SSSR count). The average molecular weight is 640 g/mol. The number of para-hydroxylation sites is 2. The van der Waals surface area contributed by atoms with Crippen LogP contribution >= 0.6 is 0 Å². The predicted molar refractivity (Wildman–Crippen MR) is 203 cm³/mol. The lowest BCUT2D eigenvalue weighted by Crippen LogP contribution is -2.01. The van der Waals surface area contributed by atoms with Crippen LogP contribution in [0.1, 0.15) is 0 Å². The quantitative estimate of drug-likeness (QED) is 0.180. The minimum atomic E-state index is 0.589. The summed E-state index contributed by atoms with van der Waals surface area (Å²) in [5.74, 6) is 1.81. The number of fused-ring (bicyclic) bond motifs is 11. The highest BCUT2D eigenvalue weighted by molar-refractivity contribution is 6.21. The Balaban J connectivity index is 1.25. The topological polar surface area (TPSA) is 65.0 Å². The fourth-order valence-electron chi connectivity index (χ4n) is 7.71. The van der Waals surface area contributed by atoms with Crippen LogP contribution in [0.2, 0.25) is 0 Å². The summed E-state index contributed by atoms with van der Waals surface area (Å²) in [5.41, 5.74) is 6.12. The predicted octanol–water partition coefficient (Wildman–Crippen LogP) is 12.1. The van der Waals surface area contributed by atoms with Gasteiger partial charge in [0.1, 0.15) is 22.3 Å². The maximum atomic E-state index is 6.30. The van der Waals surface area contributed by atoms with Gasteiger partial charge in [0.05, 0.1) is 0 Å². The molecule has 0 bridgehead atoms.